The van der Waals surface area contributed by atoms with Crippen molar-refractivity contribution in [1.29, 1.82) is 0 Å². The summed E-state index contributed by atoms with van der Waals surface area (Å²) in [5, 5.41) is 2.74. The van der Waals surface area contributed by atoms with Crippen molar-refractivity contribution in [3.8, 4) is 17.2 Å². The summed E-state index contributed by atoms with van der Waals surface area (Å²) in [6.07, 6.45) is 0.321. The summed E-state index contributed by atoms with van der Waals surface area (Å²) in [6.45, 7) is 0.286. The minimum absolute atomic E-state index is 0.241. The fourth-order valence-corrected chi connectivity index (χ4v) is 6.23. The minimum atomic E-state index is -3.85. The molecule has 0 aromatic heterocycles. The van der Waals surface area contributed by atoms with E-state index in [1.807, 2.05) is 0 Å². The van der Waals surface area contributed by atoms with E-state index in [1.165, 1.54) is 18.5 Å². The Hall–Kier alpha value is -2.94. The minimum Gasteiger partial charge on any atom is -0.497 e. The Morgan fingerprint density at radius 3 is 2.34 bits per heavy atom. The molecule has 0 bridgehead atoms. The van der Waals surface area contributed by atoms with Gasteiger partial charge in [0.1, 0.15) is 5.75 Å². The topological polar surface area (TPSA) is 94.2 Å². The molecule has 1 heterocycles. The van der Waals surface area contributed by atoms with Gasteiger partial charge in [0.05, 0.1) is 27.0 Å². The highest BCUT2D eigenvalue weighted by Gasteiger charge is 2.75. The highest BCUT2D eigenvalue weighted by atomic mass is 32.2. The molecule has 2 aromatic rings. The van der Waals surface area contributed by atoms with Crippen molar-refractivity contribution in [2.75, 3.05) is 37.5 Å². The van der Waals surface area contributed by atoms with Crippen LogP contribution in [0.4, 0.5) is 11.4 Å². The third kappa shape index (κ3) is 2.88. The fourth-order valence-electron chi connectivity index (χ4n) is 3.87. The third-order valence-electron chi connectivity index (χ3n) is 5.57. The van der Waals surface area contributed by atoms with Crippen molar-refractivity contribution < 1.29 is 27.4 Å². The lowest BCUT2D eigenvalue weighted by Gasteiger charge is -2.23. The number of sulfonamides is 1. The average Bonchev–Trinajstić information content (AvgIpc) is 3.43. The maximum Gasteiger partial charge on any atom is 0.250 e. The maximum atomic E-state index is 13.3. The van der Waals surface area contributed by atoms with Gasteiger partial charge in [-0.1, -0.05) is 0 Å². The molecule has 0 spiro atoms. The van der Waals surface area contributed by atoms with Gasteiger partial charge in [-0.3, -0.25) is 9.10 Å². The number of nitrogens with zero attached hydrogens (tertiary/aromatic N) is 1. The first-order chi connectivity index (χ1) is 13.9. The summed E-state index contributed by atoms with van der Waals surface area (Å²) in [7, 11) is 0.707. The Morgan fingerprint density at radius 1 is 1.03 bits per heavy atom. The lowest BCUT2D eigenvalue weighted by atomic mass is 10.2. The average molecular weight is 418 g/mol. The molecule has 2 atom stereocenters. The van der Waals surface area contributed by atoms with Crippen LogP contribution in [0.15, 0.2) is 42.5 Å². The Balaban J connectivity index is 1.58. The second-order valence-corrected chi connectivity index (χ2v) is 9.17. The number of carbonyl (C=O) groups is 1. The van der Waals surface area contributed by atoms with Gasteiger partial charge >= 0.3 is 0 Å². The molecular weight excluding hydrogens is 396 g/mol. The van der Waals surface area contributed by atoms with Crippen LogP contribution in [0.5, 0.6) is 17.2 Å². The highest BCUT2D eigenvalue weighted by molar-refractivity contribution is 7.95. The normalized spacial score (nSPS) is 23.8. The van der Waals surface area contributed by atoms with Crippen molar-refractivity contribution in [2.45, 2.75) is 11.2 Å². The smallest absolute Gasteiger partial charge is 0.250 e. The van der Waals surface area contributed by atoms with Crippen LogP contribution in [0, 0.1) is 5.92 Å². The van der Waals surface area contributed by atoms with Gasteiger partial charge < -0.3 is 19.5 Å². The lowest BCUT2D eigenvalue weighted by Crippen LogP contribution is -2.42. The van der Waals surface area contributed by atoms with Crippen LogP contribution >= 0.6 is 0 Å². The molecule has 1 saturated carbocycles. The van der Waals surface area contributed by atoms with Crippen molar-refractivity contribution in [3.05, 3.63) is 42.5 Å². The van der Waals surface area contributed by atoms with Gasteiger partial charge in [0.25, 0.3) is 0 Å². The Morgan fingerprint density at radius 2 is 1.72 bits per heavy atom. The lowest BCUT2D eigenvalue weighted by molar-refractivity contribution is -0.116. The first-order valence-electron chi connectivity index (χ1n) is 9.07. The quantitative estimate of drug-likeness (QED) is 0.773. The number of methoxy groups -OCH3 is 3. The first kappa shape index (κ1) is 19.4. The second-order valence-electron chi connectivity index (χ2n) is 7.05. The molecule has 4 rings (SSSR count). The van der Waals surface area contributed by atoms with Crippen LogP contribution in [0.1, 0.15) is 6.42 Å². The molecule has 2 aromatic carbocycles. The van der Waals surface area contributed by atoms with Gasteiger partial charge in [0.15, 0.2) is 16.2 Å². The van der Waals surface area contributed by atoms with E-state index in [0.29, 0.717) is 35.0 Å². The third-order valence-corrected chi connectivity index (χ3v) is 8.12. The molecule has 2 fully saturated rings. The summed E-state index contributed by atoms with van der Waals surface area (Å²) >= 11 is 0. The molecule has 9 heteroatoms. The van der Waals surface area contributed by atoms with Crippen LogP contribution in [0.3, 0.4) is 0 Å². The molecule has 1 aliphatic carbocycles. The number of nitrogens with one attached hydrogen (secondary N) is 1. The predicted octanol–water partition coefficient (Wildman–Crippen LogP) is 2.26. The maximum absolute atomic E-state index is 13.3. The molecule has 1 N–H and O–H groups in total. The zero-order chi connectivity index (χ0) is 20.8. The van der Waals surface area contributed by atoms with E-state index >= 15 is 0 Å². The molecule has 2 aliphatic rings. The molecule has 29 heavy (non-hydrogen) atoms. The van der Waals surface area contributed by atoms with Gasteiger partial charge in [-0.25, -0.2) is 8.42 Å². The largest absolute Gasteiger partial charge is 0.497 e. The molecule has 154 valence electrons. The Kier molecular flexibility index (Phi) is 4.57. The van der Waals surface area contributed by atoms with E-state index in [9.17, 15) is 13.2 Å². The predicted molar refractivity (Wildman–Crippen MR) is 108 cm³/mol. The van der Waals surface area contributed by atoms with Crippen molar-refractivity contribution in [3.63, 3.8) is 0 Å². The molecule has 0 radical (unpaired) electrons. The second kappa shape index (κ2) is 6.84. The number of anilines is 2. The van der Waals surface area contributed by atoms with E-state index in [-0.39, 0.29) is 12.5 Å². The van der Waals surface area contributed by atoms with Crippen molar-refractivity contribution in [2.24, 2.45) is 5.92 Å². The first-order valence-corrected chi connectivity index (χ1v) is 10.5. The Bertz CT molecular complexity index is 1050. The van der Waals surface area contributed by atoms with Crippen LogP contribution < -0.4 is 23.8 Å². The standard InChI is InChI=1S/C20H22N2O6S/c1-26-16-7-5-15(6-8-16)22-12-13-11-20(13,29(22,24)25)19(23)21-14-4-9-17(27-2)18(10-14)28-3/h4-10,13H,11-12H2,1-3H3,(H,21,23)/t13-,20-/m1/s1. The fraction of sp³-hybridized carbons (Fsp3) is 0.350. The number of hydrogen-bond donors (Lipinski definition) is 1. The van der Waals surface area contributed by atoms with E-state index in [4.69, 9.17) is 14.2 Å². The summed E-state index contributed by atoms with van der Waals surface area (Å²) in [6, 6.07) is 11.7. The van der Waals surface area contributed by atoms with Crippen LogP contribution in [0.25, 0.3) is 0 Å². The number of benzene rings is 2. The number of carbonyl (C=O) groups excluding carboxylic acids is 1. The van der Waals surface area contributed by atoms with Gasteiger partial charge in [-0.05, 0) is 42.8 Å². The van der Waals surface area contributed by atoms with Crippen LogP contribution in [0.2, 0.25) is 0 Å². The monoisotopic (exact) mass is 418 g/mol. The zero-order valence-corrected chi connectivity index (χ0v) is 17.2. The van der Waals surface area contributed by atoms with E-state index in [1.54, 1.807) is 49.6 Å². The SMILES string of the molecule is COc1ccc(N2C[C@H]3C[C@@]3(C(=O)Nc3ccc(OC)c(OC)c3)S2(=O)=O)cc1. The summed E-state index contributed by atoms with van der Waals surface area (Å²) < 4.78 is 41.9. The van der Waals surface area contributed by atoms with Gasteiger partial charge in [-0.15, -0.1) is 0 Å². The number of hydrogen-bond acceptors (Lipinski definition) is 6. The Labute approximate surface area is 169 Å². The molecule has 1 saturated heterocycles. The summed E-state index contributed by atoms with van der Waals surface area (Å²) in [4.78, 5) is 13.0. The molecule has 1 aliphatic heterocycles. The zero-order valence-electron chi connectivity index (χ0n) is 16.3. The van der Waals surface area contributed by atoms with Gasteiger partial charge in [-0.2, -0.15) is 0 Å². The molecule has 8 nitrogen and oxygen atoms in total. The van der Waals surface area contributed by atoms with Crippen molar-refractivity contribution >= 4 is 27.3 Å². The summed E-state index contributed by atoms with van der Waals surface area (Å²) in [5.74, 6) is 0.841. The van der Waals surface area contributed by atoms with E-state index in [0.717, 1.165) is 0 Å². The van der Waals surface area contributed by atoms with Gasteiger partial charge in [0.2, 0.25) is 15.9 Å². The van der Waals surface area contributed by atoms with Gasteiger partial charge in [0, 0.05) is 24.2 Å². The number of rotatable bonds is 6. The number of fused-ring (bicyclic) bond motifs is 1. The van der Waals surface area contributed by atoms with Crippen LogP contribution in [-0.2, 0) is 14.8 Å². The number of amides is 1. The van der Waals surface area contributed by atoms with Crippen LogP contribution in [-0.4, -0.2) is 46.9 Å². The van der Waals surface area contributed by atoms with E-state index in [2.05, 4.69) is 5.32 Å². The highest BCUT2D eigenvalue weighted by Crippen LogP contribution is 2.58. The molecule has 1 amide bonds. The van der Waals surface area contributed by atoms with E-state index < -0.39 is 20.7 Å². The molecule has 0 unspecified atom stereocenters. The van der Waals surface area contributed by atoms with Crippen molar-refractivity contribution in [1.82, 2.24) is 0 Å². The molecular formula is C20H22N2O6S. The summed E-state index contributed by atoms with van der Waals surface area (Å²) in [5.41, 5.74) is 0.974. The number of ether oxygens (including phenoxy) is 3.